The van der Waals surface area contributed by atoms with Crippen LogP contribution in [0.25, 0.3) is 0 Å². The Morgan fingerprint density at radius 3 is 1.53 bits per heavy atom. The third-order valence-electron chi connectivity index (χ3n) is 9.28. The number of esters is 2. The number of unbranched alkanes of at least 4 members (excludes halogenated alkanes) is 10. The molecule has 0 fully saturated rings. The Kier molecular flexibility index (Phi) is 36.9. The van der Waals surface area contributed by atoms with Gasteiger partial charge in [0.15, 0.2) is 6.10 Å². The van der Waals surface area contributed by atoms with E-state index in [9.17, 15) is 19.5 Å². The summed E-state index contributed by atoms with van der Waals surface area (Å²) >= 11 is 0. The molecule has 0 aromatic heterocycles. The minimum absolute atomic E-state index is 0.00493. The normalized spacial score (nSPS) is 13.8. The van der Waals surface area contributed by atoms with E-state index in [2.05, 4.69) is 92.8 Å². The van der Waals surface area contributed by atoms with Crippen LogP contribution < -0.4 is 5.11 Å². The molecule has 0 saturated heterocycles. The fourth-order valence-corrected chi connectivity index (χ4v) is 5.85. The second kappa shape index (κ2) is 39.3. The molecule has 8 heteroatoms. The van der Waals surface area contributed by atoms with Crippen LogP contribution in [-0.4, -0.2) is 75.5 Å². The monoisotopic (exact) mass is 796 g/mol. The van der Waals surface area contributed by atoms with E-state index in [0.717, 1.165) is 77.0 Å². The predicted molar refractivity (Wildman–Crippen MR) is 235 cm³/mol. The minimum atomic E-state index is -1.14. The van der Waals surface area contributed by atoms with Gasteiger partial charge < -0.3 is 28.6 Å². The summed E-state index contributed by atoms with van der Waals surface area (Å²) < 4.78 is 17.1. The topological polar surface area (TPSA) is 102 Å². The van der Waals surface area contributed by atoms with Crippen LogP contribution >= 0.6 is 0 Å². The molecular weight excluding hydrogens is 715 g/mol. The van der Waals surface area contributed by atoms with Crippen LogP contribution in [0.4, 0.5) is 0 Å². The zero-order valence-electron chi connectivity index (χ0n) is 36.7. The van der Waals surface area contributed by atoms with Crippen molar-refractivity contribution < 1.29 is 38.2 Å². The predicted octanol–water partition coefficient (Wildman–Crippen LogP) is 10.8. The number of likely N-dealkylation sites (N-methyl/N-ethyl adjacent to an activating group) is 1. The van der Waals surface area contributed by atoms with Gasteiger partial charge in [0, 0.05) is 19.3 Å². The lowest BCUT2D eigenvalue weighted by Crippen LogP contribution is -2.55. The van der Waals surface area contributed by atoms with Gasteiger partial charge in [-0.3, -0.25) is 9.59 Å². The van der Waals surface area contributed by atoms with Gasteiger partial charge in [-0.05, 0) is 77.0 Å². The zero-order chi connectivity index (χ0) is 42.1. The molecule has 324 valence electrons. The molecule has 0 aliphatic rings. The number of hydrogen-bond donors (Lipinski definition) is 0. The minimum Gasteiger partial charge on any atom is -0.544 e. The molecule has 0 radical (unpaired) electrons. The van der Waals surface area contributed by atoms with Gasteiger partial charge in [-0.2, -0.15) is 0 Å². The highest BCUT2D eigenvalue weighted by molar-refractivity contribution is 5.70. The molecule has 0 heterocycles. The number of aliphatic carboxylic acids is 1. The van der Waals surface area contributed by atoms with Crippen molar-refractivity contribution in [3.8, 4) is 0 Å². The number of quaternary nitrogens is 1. The lowest BCUT2D eigenvalue weighted by atomic mass is 10.1. The highest BCUT2D eigenvalue weighted by Crippen LogP contribution is 2.11. The summed E-state index contributed by atoms with van der Waals surface area (Å²) in [6.45, 7) is 4.43. The molecule has 2 atom stereocenters. The summed E-state index contributed by atoms with van der Waals surface area (Å²) in [5.41, 5.74) is 0. The third kappa shape index (κ3) is 37.8. The molecule has 0 aliphatic carbocycles. The number of carboxylic acid groups (broad SMARTS) is 1. The molecule has 8 nitrogen and oxygen atoms in total. The van der Waals surface area contributed by atoms with Crippen molar-refractivity contribution in [2.45, 2.75) is 167 Å². The molecule has 0 N–H and O–H groups in total. The Morgan fingerprint density at radius 2 is 1.02 bits per heavy atom. The number of carboxylic acids is 1. The number of rotatable bonds is 38. The first-order valence-corrected chi connectivity index (χ1v) is 22.1. The first-order chi connectivity index (χ1) is 27.6. The molecule has 2 unspecified atom stereocenters. The molecule has 0 bridgehead atoms. The van der Waals surface area contributed by atoms with Gasteiger partial charge in [-0.1, -0.05) is 144 Å². The van der Waals surface area contributed by atoms with E-state index in [4.69, 9.17) is 14.2 Å². The molecule has 57 heavy (non-hydrogen) atoms. The molecule has 0 amide bonds. The van der Waals surface area contributed by atoms with Gasteiger partial charge in [0.2, 0.25) is 0 Å². The quantitative estimate of drug-likeness (QED) is 0.0265. The second-order valence-corrected chi connectivity index (χ2v) is 15.5. The summed E-state index contributed by atoms with van der Waals surface area (Å²) in [5, 5.41) is 11.6. The maximum absolute atomic E-state index is 12.7. The van der Waals surface area contributed by atoms with Crippen LogP contribution in [0.3, 0.4) is 0 Å². The zero-order valence-corrected chi connectivity index (χ0v) is 36.7. The van der Waals surface area contributed by atoms with E-state index in [1.807, 2.05) is 6.08 Å². The molecule has 0 aliphatic heterocycles. The van der Waals surface area contributed by atoms with Gasteiger partial charge in [0.05, 0.1) is 40.3 Å². The van der Waals surface area contributed by atoms with E-state index in [1.54, 1.807) is 21.1 Å². The highest BCUT2D eigenvalue weighted by Gasteiger charge is 2.25. The lowest BCUT2D eigenvalue weighted by Gasteiger charge is -2.34. The molecule has 0 aromatic carbocycles. The van der Waals surface area contributed by atoms with Crippen molar-refractivity contribution in [3.63, 3.8) is 0 Å². The Balaban J connectivity index is 4.45. The standard InChI is InChI=1S/C49H81NO7/c1-6-8-10-12-14-16-18-20-21-22-23-24-25-26-28-29-31-33-35-37-39-47(51)56-44-45(43-55-42-41-46(49(53)54)50(3,4)5)57-48(52)40-38-36-34-32-30-27-19-17-15-13-11-9-7-2/h8,10,14,16,20-21,23-24,26-28,30,34,36,45-46H,6-7,9,11-13,15,17-19,22,25,29,31-33,35,37-44H2,1-5H3/b10-8+,16-14+,21-20+,24-23+,28-26+,30-27+,36-34+. The molecule has 0 spiro atoms. The average Bonchev–Trinajstić information content (AvgIpc) is 3.17. The molecular formula is C49H81NO7. The Morgan fingerprint density at radius 1 is 0.544 bits per heavy atom. The van der Waals surface area contributed by atoms with Crippen LogP contribution in [0, 0.1) is 0 Å². The summed E-state index contributed by atoms with van der Waals surface area (Å²) in [6.07, 6.45) is 50.5. The largest absolute Gasteiger partial charge is 0.544 e. The van der Waals surface area contributed by atoms with Crippen molar-refractivity contribution in [2.24, 2.45) is 0 Å². The summed E-state index contributed by atoms with van der Waals surface area (Å²) in [4.78, 5) is 36.8. The number of allylic oxidation sites excluding steroid dienone is 14. The van der Waals surface area contributed by atoms with E-state index in [-0.39, 0.29) is 43.1 Å². The Bertz CT molecular complexity index is 1200. The number of ether oxygens (including phenoxy) is 3. The van der Waals surface area contributed by atoms with E-state index < -0.39 is 24.1 Å². The molecule has 0 aromatic rings. The van der Waals surface area contributed by atoms with Gasteiger partial charge in [0.25, 0.3) is 0 Å². The van der Waals surface area contributed by atoms with Crippen LogP contribution in [0.2, 0.25) is 0 Å². The van der Waals surface area contributed by atoms with Gasteiger partial charge >= 0.3 is 11.9 Å². The van der Waals surface area contributed by atoms with Crippen LogP contribution in [-0.2, 0) is 28.6 Å². The number of carbonyl (C=O) groups is 3. The lowest BCUT2D eigenvalue weighted by molar-refractivity contribution is -0.889. The van der Waals surface area contributed by atoms with Gasteiger partial charge in [0.1, 0.15) is 12.6 Å². The first-order valence-electron chi connectivity index (χ1n) is 22.1. The van der Waals surface area contributed by atoms with E-state index >= 15 is 0 Å². The smallest absolute Gasteiger partial charge is 0.306 e. The highest BCUT2D eigenvalue weighted by atomic mass is 16.6. The van der Waals surface area contributed by atoms with Crippen LogP contribution in [0.1, 0.15) is 155 Å². The van der Waals surface area contributed by atoms with E-state index in [0.29, 0.717) is 12.8 Å². The van der Waals surface area contributed by atoms with Crippen LogP contribution in [0.15, 0.2) is 85.1 Å². The third-order valence-corrected chi connectivity index (χ3v) is 9.28. The van der Waals surface area contributed by atoms with Crippen molar-refractivity contribution in [2.75, 3.05) is 41.0 Å². The second-order valence-electron chi connectivity index (χ2n) is 15.5. The van der Waals surface area contributed by atoms with Crippen molar-refractivity contribution >= 4 is 17.9 Å². The van der Waals surface area contributed by atoms with Crippen molar-refractivity contribution in [3.05, 3.63) is 85.1 Å². The number of nitrogens with zero attached hydrogens (tertiary/aromatic N) is 1. The van der Waals surface area contributed by atoms with Gasteiger partial charge in [-0.25, -0.2) is 0 Å². The number of hydrogen-bond acceptors (Lipinski definition) is 7. The average molecular weight is 796 g/mol. The fourth-order valence-electron chi connectivity index (χ4n) is 5.85. The van der Waals surface area contributed by atoms with Crippen LogP contribution in [0.5, 0.6) is 0 Å². The Hall–Kier alpha value is -3.49. The molecule has 0 rings (SSSR count). The van der Waals surface area contributed by atoms with Crippen molar-refractivity contribution in [1.82, 2.24) is 0 Å². The Labute approximate surface area is 348 Å². The maximum atomic E-state index is 12.7. The van der Waals surface area contributed by atoms with Crippen molar-refractivity contribution in [1.29, 1.82) is 0 Å². The number of carbonyl (C=O) groups excluding carboxylic acids is 3. The fraction of sp³-hybridized carbons (Fsp3) is 0.653. The summed E-state index contributed by atoms with van der Waals surface area (Å²) in [5.74, 6) is -1.86. The van der Waals surface area contributed by atoms with Gasteiger partial charge in [-0.15, -0.1) is 0 Å². The van der Waals surface area contributed by atoms with E-state index in [1.165, 1.54) is 38.5 Å². The summed E-state index contributed by atoms with van der Waals surface area (Å²) in [7, 11) is 5.37. The maximum Gasteiger partial charge on any atom is 0.306 e. The summed E-state index contributed by atoms with van der Waals surface area (Å²) in [6, 6.07) is -0.742. The molecule has 0 saturated carbocycles. The first kappa shape index (κ1) is 53.5. The SMILES string of the molecule is CC/C=C/C/C=C/C/C=C/C/C=C/C/C=C/CCCCCCC(=O)OCC(COCCC(C(=O)[O-])[N+](C)(C)C)OC(=O)CC/C=C/C/C=C/CCCCCCCC.